The van der Waals surface area contributed by atoms with Crippen molar-refractivity contribution in [1.82, 2.24) is 9.80 Å². The van der Waals surface area contributed by atoms with Crippen molar-refractivity contribution >= 4 is 5.69 Å². The Morgan fingerprint density at radius 1 is 1.20 bits per heavy atom. The van der Waals surface area contributed by atoms with E-state index in [4.69, 9.17) is 10.5 Å². The average Bonchev–Trinajstić information content (AvgIpc) is 2.95. The predicted molar refractivity (Wildman–Crippen MR) is 81.8 cm³/mol. The Balaban J connectivity index is 1.45. The van der Waals surface area contributed by atoms with E-state index in [-0.39, 0.29) is 0 Å². The van der Waals surface area contributed by atoms with Crippen LogP contribution in [0.4, 0.5) is 5.69 Å². The van der Waals surface area contributed by atoms with Crippen LogP contribution in [0.2, 0.25) is 0 Å². The minimum absolute atomic E-state index is 0.736. The van der Waals surface area contributed by atoms with Gasteiger partial charge in [-0.05, 0) is 37.1 Å². The van der Waals surface area contributed by atoms with Gasteiger partial charge in [-0.2, -0.15) is 0 Å². The second-order valence-corrected chi connectivity index (χ2v) is 5.89. The second-order valence-electron chi connectivity index (χ2n) is 5.89. The third-order valence-electron chi connectivity index (χ3n) is 4.48. The first-order valence-electron chi connectivity index (χ1n) is 7.70. The van der Waals surface area contributed by atoms with Gasteiger partial charge >= 0.3 is 0 Å². The zero-order valence-corrected chi connectivity index (χ0v) is 12.1. The van der Waals surface area contributed by atoms with Crippen LogP contribution in [0.15, 0.2) is 24.3 Å². The van der Waals surface area contributed by atoms with Crippen LogP contribution in [0.5, 0.6) is 0 Å². The summed E-state index contributed by atoms with van der Waals surface area (Å²) in [6, 6.07) is 9.00. The Morgan fingerprint density at radius 2 is 2.05 bits per heavy atom. The topological polar surface area (TPSA) is 41.7 Å². The van der Waals surface area contributed by atoms with Crippen LogP contribution in [-0.2, 0) is 11.2 Å². The number of anilines is 1. The smallest absolute Gasteiger partial charge is 0.0594 e. The standard InChI is InChI=1S/C16H25N3O/c17-15-3-1-2-14(12-15)4-6-18-7-5-16(13-18)19-8-10-20-11-9-19/h1-3,12,16H,4-11,13,17H2. The minimum atomic E-state index is 0.736. The summed E-state index contributed by atoms with van der Waals surface area (Å²) in [5, 5.41) is 0. The molecule has 0 spiro atoms. The maximum atomic E-state index is 5.83. The number of ether oxygens (including phenoxy) is 1. The number of morpholine rings is 1. The fraction of sp³-hybridized carbons (Fsp3) is 0.625. The van der Waals surface area contributed by atoms with Crippen molar-refractivity contribution < 1.29 is 4.74 Å². The molecule has 0 bridgehead atoms. The van der Waals surface area contributed by atoms with Crippen molar-refractivity contribution in [3.05, 3.63) is 29.8 Å². The number of nitrogens with two attached hydrogens (primary N) is 1. The summed E-state index contributed by atoms with van der Waals surface area (Å²) < 4.78 is 5.44. The quantitative estimate of drug-likeness (QED) is 0.839. The molecule has 2 heterocycles. The van der Waals surface area contributed by atoms with Crippen molar-refractivity contribution in [3.63, 3.8) is 0 Å². The molecular weight excluding hydrogens is 250 g/mol. The van der Waals surface area contributed by atoms with Gasteiger partial charge in [0.1, 0.15) is 0 Å². The number of hydrogen-bond acceptors (Lipinski definition) is 4. The van der Waals surface area contributed by atoms with Crippen LogP contribution >= 0.6 is 0 Å². The lowest BCUT2D eigenvalue weighted by Gasteiger charge is -2.32. The molecule has 0 amide bonds. The molecule has 2 aliphatic heterocycles. The first-order valence-corrected chi connectivity index (χ1v) is 7.70. The molecule has 0 radical (unpaired) electrons. The number of hydrogen-bond donors (Lipinski definition) is 1. The van der Waals surface area contributed by atoms with E-state index in [2.05, 4.69) is 21.9 Å². The first-order chi connectivity index (χ1) is 9.81. The van der Waals surface area contributed by atoms with Gasteiger partial charge in [0.25, 0.3) is 0 Å². The molecule has 4 nitrogen and oxygen atoms in total. The van der Waals surface area contributed by atoms with Gasteiger partial charge in [-0.25, -0.2) is 0 Å². The lowest BCUT2D eigenvalue weighted by Crippen LogP contribution is -2.44. The van der Waals surface area contributed by atoms with E-state index in [9.17, 15) is 0 Å². The molecule has 20 heavy (non-hydrogen) atoms. The van der Waals surface area contributed by atoms with Crippen LogP contribution in [0.1, 0.15) is 12.0 Å². The number of rotatable bonds is 4. The summed E-state index contributed by atoms with van der Waals surface area (Å²) in [7, 11) is 0. The van der Waals surface area contributed by atoms with Gasteiger partial charge in [0.05, 0.1) is 13.2 Å². The Morgan fingerprint density at radius 3 is 2.85 bits per heavy atom. The molecule has 3 rings (SSSR count). The average molecular weight is 275 g/mol. The molecule has 1 aromatic rings. The molecule has 1 atom stereocenters. The maximum Gasteiger partial charge on any atom is 0.0594 e. The normalized spacial score (nSPS) is 25.1. The fourth-order valence-corrected chi connectivity index (χ4v) is 3.29. The van der Waals surface area contributed by atoms with Crippen LogP contribution in [0, 0.1) is 0 Å². The molecular formula is C16H25N3O. The van der Waals surface area contributed by atoms with E-state index >= 15 is 0 Å². The third kappa shape index (κ3) is 3.51. The predicted octanol–water partition coefficient (Wildman–Crippen LogP) is 1.22. The van der Waals surface area contributed by atoms with E-state index in [1.807, 2.05) is 12.1 Å². The van der Waals surface area contributed by atoms with Gasteiger partial charge < -0.3 is 15.4 Å². The molecule has 4 heteroatoms. The molecule has 2 fully saturated rings. The van der Waals surface area contributed by atoms with E-state index < -0.39 is 0 Å². The Kier molecular flexibility index (Phi) is 4.55. The van der Waals surface area contributed by atoms with E-state index in [1.54, 1.807) is 0 Å². The number of nitrogen functional groups attached to an aromatic ring is 1. The molecule has 2 saturated heterocycles. The monoisotopic (exact) mass is 275 g/mol. The molecule has 2 N–H and O–H groups in total. The van der Waals surface area contributed by atoms with Crippen LogP contribution < -0.4 is 5.73 Å². The summed E-state index contributed by atoms with van der Waals surface area (Å²) >= 11 is 0. The lowest BCUT2D eigenvalue weighted by molar-refractivity contribution is 0.0185. The molecule has 0 aromatic heterocycles. The number of benzene rings is 1. The Labute approximate surface area is 121 Å². The van der Waals surface area contributed by atoms with Gasteiger partial charge in [-0.15, -0.1) is 0 Å². The van der Waals surface area contributed by atoms with Crippen molar-refractivity contribution in [2.24, 2.45) is 0 Å². The zero-order chi connectivity index (χ0) is 13.8. The van der Waals surface area contributed by atoms with Gasteiger partial charge in [-0.1, -0.05) is 12.1 Å². The highest BCUT2D eigenvalue weighted by molar-refractivity contribution is 5.40. The highest BCUT2D eigenvalue weighted by Crippen LogP contribution is 2.17. The largest absolute Gasteiger partial charge is 0.399 e. The zero-order valence-electron chi connectivity index (χ0n) is 12.1. The Hall–Kier alpha value is -1.10. The summed E-state index contributed by atoms with van der Waals surface area (Å²) in [5.41, 5.74) is 8.05. The van der Waals surface area contributed by atoms with Crippen LogP contribution in [0.25, 0.3) is 0 Å². The summed E-state index contributed by atoms with van der Waals surface area (Å²) in [6.07, 6.45) is 2.40. The summed E-state index contributed by atoms with van der Waals surface area (Å²) in [4.78, 5) is 5.19. The van der Waals surface area contributed by atoms with Gasteiger partial charge in [-0.3, -0.25) is 4.90 Å². The molecule has 1 aromatic carbocycles. The SMILES string of the molecule is Nc1cccc(CCN2CCC(N3CCOCC3)C2)c1. The maximum absolute atomic E-state index is 5.83. The Bertz CT molecular complexity index is 431. The van der Waals surface area contributed by atoms with E-state index in [0.717, 1.165) is 51.0 Å². The van der Waals surface area contributed by atoms with Crippen molar-refractivity contribution in [2.45, 2.75) is 18.9 Å². The van der Waals surface area contributed by atoms with Crippen molar-refractivity contribution in [3.8, 4) is 0 Å². The highest BCUT2D eigenvalue weighted by Gasteiger charge is 2.28. The van der Waals surface area contributed by atoms with Gasteiger partial charge in [0.15, 0.2) is 0 Å². The number of likely N-dealkylation sites (tertiary alicyclic amines) is 1. The lowest BCUT2D eigenvalue weighted by atomic mass is 10.1. The molecule has 110 valence electrons. The molecule has 1 unspecified atom stereocenters. The van der Waals surface area contributed by atoms with Crippen molar-refractivity contribution in [2.75, 3.05) is 51.7 Å². The molecule has 0 aliphatic carbocycles. The fourth-order valence-electron chi connectivity index (χ4n) is 3.29. The third-order valence-corrected chi connectivity index (χ3v) is 4.48. The first kappa shape index (κ1) is 13.9. The van der Waals surface area contributed by atoms with Gasteiger partial charge in [0, 0.05) is 37.9 Å². The van der Waals surface area contributed by atoms with E-state index in [0.29, 0.717) is 0 Å². The summed E-state index contributed by atoms with van der Waals surface area (Å²) in [6.45, 7) is 7.60. The summed E-state index contributed by atoms with van der Waals surface area (Å²) in [5.74, 6) is 0. The van der Waals surface area contributed by atoms with Crippen LogP contribution in [-0.4, -0.2) is 61.8 Å². The van der Waals surface area contributed by atoms with E-state index in [1.165, 1.54) is 25.1 Å². The number of nitrogens with zero attached hydrogens (tertiary/aromatic N) is 2. The molecule has 2 aliphatic rings. The van der Waals surface area contributed by atoms with Crippen molar-refractivity contribution in [1.29, 1.82) is 0 Å². The minimum Gasteiger partial charge on any atom is -0.399 e. The van der Waals surface area contributed by atoms with Crippen LogP contribution in [0.3, 0.4) is 0 Å². The second kappa shape index (κ2) is 6.57. The molecule has 0 saturated carbocycles. The van der Waals surface area contributed by atoms with Gasteiger partial charge in [0.2, 0.25) is 0 Å². The highest BCUT2D eigenvalue weighted by atomic mass is 16.5.